The Morgan fingerprint density at radius 1 is 1.56 bits per heavy atom. The van der Waals surface area contributed by atoms with Gasteiger partial charge >= 0.3 is 5.97 Å². The molecule has 0 saturated heterocycles. The van der Waals surface area contributed by atoms with Gasteiger partial charge in [0.05, 0.1) is 19.3 Å². The summed E-state index contributed by atoms with van der Waals surface area (Å²) >= 11 is 1.15. The quantitative estimate of drug-likeness (QED) is 0.581. The third kappa shape index (κ3) is 4.15. The van der Waals surface area contributed by atoms with Gasteiger partial charge in [-0.05, 0) is 32.3 Å². The molecule has 0 unspecified atom stereocenters. The number of hydrogen-bond acceptors (Lipinski definition) is 7. The van der Waals surface area contributed by atoms with E-state index in [0.717, 1.165) is 11.5 Å². The minimum Gasteiger partial charge on any atom is -0.462 e. The second-order valence-corrected chi connectivity index (χ2v) is 4.61. The molecule has 1 heterocycles. The molecule has 0 saturated carbocycles. The number of nitrogens with two attached hydrogens (primary N) is 1. The van der Waals surface area contributed by atoms with Crippen molar-refractivity contribution >= 4 is 28.3 Å². The molecule has 0 radical (unpaired) electrons. The maximum Gasteiger partial charge on any atom is 0.344 e. The third-order valence-electron chi connectivity index (χ3n) is 2.04. The molecule has 102 valence electrons. The molecule has 0 aliphatic rings. The zero-order valence-electron chi connectivity index (χ0n) is 10.9. The number of ether oxygens (including phenoxy) is 2. The molecule has 7 heteroatoms. The van der Waals surface area contributed by atoms with Crippen LogP contribution in [-0.2, 0) is 9.47 Å². The number of anilines is 2. The first kappa shape index (κ1) is 14.7. The van der Waals surface area contributed by atoms with Crippen molar-refractivity contribution in [3.05, 3.63) is 5.56 Å². The van der Waals surface area contributed by atoms with Crippen LogP contribution < -0.4 is 11.1 Å². The SMILES string of the molecule is CCOC(=O)c1c(N)nsc1NCCOC(C)C. The molecule has 1 rings (SSSR count). The van der Waals surface area contributed by atoms with Crippen LogP contribution in [0.4, 0.5) is 10.8 Å². The van der Waals surface area contributed by atoms with Gasteiger partial charge in [-0.25, -0.2) is 4.79 Å². The number of hydrogen-bond donors (Lipinski definition) is 2. The summed E-state index contributed by atoms with van der Waals surface area (Å²) in [6.45, 7) is 7.13. The van der Waals surface area contributed by atoms with E-state index < -0.39 is 5.97 Å². The van der Waals surface area contributed by atoms with Crippen LogP contribution in [0.3, 0.4) is 0 Å². The van der Waals surface area contributed by atoms with Gasteiger partial charge in [-0.1, -0.05) is 0 Å². The fourth-order valence-electron chi connectivity index (χ4n) is 1.28. The second kappa shape index (κ2) is 7.17. The number of esters is 1. The summed E-state index contributed by atoms with van der Waals surface area (Å²) in [4.78, 5) is 11.7. The van der Waals surface area contributed by atoms with Crippen molar-refractivity contribution in [3.63, 3.8) is 0 Å². The Bertz CT molecular complexity index is 393. The number of nitrogen functional groups attached to an aromatic ring is 1. The molecule has 0 aliphatic carbocycles. The van der Waals surface area contributed by atoms with E-state index in [0.29, 0.717) is 30.3 Å². The van der Waals surface area contributed by atoms with Crippen molar-refractivity contribution in [2.24, 2.45) is 0 Å². The van der Waals surface area contributed by atoms with Crippen LogP contribution in [-0.4, -0.2) is 36.2 Å². The molecule has 1 aromatic rings. The first-order valence-electron chi connectivity index (χ1n) is 5.84. The molecule has 0 atom stereocenters. The average molecular weight is 273 g/mol. The fourth-order valence-corrected chi connectivity index (χ4v) is 2.01. The van der Waals surface area contributed by atoms with Crippen molar-refractivity contribution in [3.8, 4) is 0 Å². The maximum absolute atomic E-state index is 11.7. The van der Waals surface area contributed by atoms with Crippen LogP contribution in [0.2, 0.25) is 0 Å². The van der Waals surface area contributed by atoms with Gasteiger partial charge in [-0.3, -0.25) is 0 Å². The van der Waals surface area contributed by atoms with Gasteiger partial charge in [0.25, 0.3) is 0 Å². The number of nitrogens with zero attached hydrogens (tertiary/aromatic N) is 1. The molecule has 3 N–H and O–H groups in total. The van der Waals surface area contributed by atoms with Gasteiger partial charge in [0.2, 0.25) is 0 Å². The van der Waals surface area contributed by atoms with Crippen molar-refractivity contribution in [1.29, 1.82) is 0 Å². The Labute approximate surface area is 111 Å². The summed E-state index contributed by atoms with van der Waals surface area (Å²) in [6.07, 6.45) is 0.183. The van der Waals surface area contributed by atoms with Gasteiger partial charge in [-0.15, -0.1) is 0 Å². The molecule has 0 spiro atoms. The maximum atomic E-state index is 11.7. The zero-order valence-corrected chi connectivity index (χ0v) is 11.7. The van der Waals surface area contributed by atoms with Gasteiger partial charge < -0.3 is 20.5 Å². The number of aromatic nitrogens is 1. The highest BCUT2D eigenvalue weighted by molar-refractivity contribution is 7.11. The topological polar surface area (TPSA) is 86.5 Å². The van der Waals surface area contributed by atoms with E-state index in [9.17, 15) is 4.79 Å². The third-order valence-corrected chi connectivity index (χ3v) is 2.86. The minimum atomic E-state index is -0.448. The van der Waals surface area contributed by atoms with Crippen molar-refractivity contribution < 1.29 is 14.3 Å². The van der Waals surface area contributed by atoms with E-state index in [2.05, 4.69) is 9.69 Å². The van der Waals surface area contributed by atoms with E-state index in [4.69, 9.17) is 15.2 Å². The minimum absolute atomic E-state index is 0.183. The largest absolute Gasteiger partial charge is 0.462 e. The zero-order chi connectivity index (χ0) is 13.5. The highest BCUT2D eigenvalue weighted by Crippen LogP contribution is 2.27. The van der Waals surface area contributed by atoms with Gasteiger partial charge in [0, 0.05) is 6.54 Å². The van der Waals surface area contributed by atoms with E-state index in [1.807, 2.05) is 13.8 Å². The molecule has 1 aromatic heterocycles. The molecular weight excluding hydrogens is 254 g/mol. The fraction of sp³-hybridized carbons (Fsp3) is 0.636. The highest BCUT2D eigenvalue weighted by Gasteiger charge is 2.20. The highest BCUT2D eigenvalue weighted by atomic mass is 32.1. The predicted molar refractivity (Wildman–Crippen MR) is 72.1 cm³/mol. The van der Waals surface area contributed by atoms with Crippen LogP contribution in [0.25, 0.3) is 0 Å². The second-order valence-electron chi connectivity index (χ2n) is 3.84. The summed E-state index contributed by atoms with van der Waals surface area (Å²) in [5.41, 5.74) is 5.96. The summed E-state index contributed by atoms with van der Waals surface area (Å²) in [6, 6.07) is 0. The van der Waals surface area contributed by atoms with Gasteiger partial charge in [0.15, 0.2) is 5.82 Å². The van der Waals surface area contributed by atoms with E-state index >= 15 is 0 Å². The monoisotopic (exact) mass is 273 g/mol. The Kier molecular flexibility index (Phi) is 5.87. The molecule has 0 aliphatic heterocycles. The van der Waals surface area contributed by atoms with Crippen LogP contribution in [0.5, 0.6) is 0 Å². The first-order valence-corrected chi connectivity index (χ1v) is 6.61. The Morgan fingerprint density at radius 3 is 2.89 bits per heavy atom. The average Bonchev–Trinajstić information content (AvgIpc) is 2.66. The Hall–Kier alpha value is -1.34. The molecule has 0 bridgehead atoms. The molecule has 0 aromatic carbocycles. The number of carbonyl (C=O) groups excluding carboxylic acids is 1. The van der Waals surface area contributed by atoms with Crippen LogP contribution in [0.1, 0.15) is 31.1 Å². The number of nitrogens with one attached hydrogen (secondary N) is 1. The predicted octanol–water partition coefficient (Wildman–Crippen LogP) is 1.74. The van der Waals surface area contributed by atoms with E-state index in [1.54, 1.807) is 6.92 Å². The summed E-state index contributed by atoms with van der Waals surface area (Å²) in [5, 5.41) is 3.70. The van der Waals surface area contributed by atoms with Crippen molar-refractivity contribution in [2.75, 3.05) is 30.8 Å². The first-order chi connectivity index (χ1) is 8.56. The Balaban J connectivity index is 2.58. The molecule has 0 fully saturated rings. The van der Waals surface area contributed by atoms with E-state index in [-0.39, 0.29) is 11.9 Å². The van der Waals surface area contributed by atoms with Crippen LogP contribution >= 0.6 is 11.5 Å². The lowest BCUT2D eigenvalue weighted by Crippen LogP contribution is -2.15. The lowest BCUT2D eigenvalue weighted by atomic mass is 10.3. The van der Waals surface area contributed by atoms with Gasteiger partial charge in [0.1, 0.15) is 10.6 Å². The van der Waals surface area contributed by atoms with Gasteiger partial charge in [-0.2, -0.15) is 4.37 Å². The Morgan fingerprint density at radius 2 is 2.28 bits per heavy atom. The summed E-state index contributed by atoms with van der Waals surface area (Å²) < 4.78 is 14.3. The smallest absolute Gasteiger partial charge is 0.344 e. The van der Waals surface area contributed by atoms with Crippen LogP contribution in [0, 0.1) is 0 Å². The molecular formula is C11H19N3O3S. The standard InChI is InChI=1S/C11H19N3O3S/c1-4-16-11(15)8-9(12)14-18-10(8)13-5-6-17-7(2)3/h7,13H,4-6H2,1-3H3,(H2,12,14). The lowest BCUT2D eigenvalue weighted by Gasteiger charge is -2.09. The molecule has 6 nitrogen and oxygen atoms in total. The molecule has 18 heavy (non-hydrogen) atoms. The lowest BCUT2D eigenvalue weighted by molar-refractivity contribution is 0.0528. The van der Waals surface area contributed by atoms with E-state index in [1.165, 1.54) is 0 Å². The molecule has 0 amide bonds. The van der Waals surface area contributed by atoms with Crippen molar-refractivity contribution in [1.82, 2.24) is 4.37 Å². The summed E-state index contributed by atoms with van der Waals surface area (Å²) in [7, 11) is 0. The van der Waals surface area contributed by atoms with Crippen LogP contribution in [0.15, 0.2) is 0 Å². The van der Waals surface area contributed by atoms with Crippen molar-refractivity contribution in [2.45, 2.75) is 26.9 Å². The summed E-state index contributed by atoms with van der Waals surface area (Å²) in [5.74, 6) is -0.248. The normalized spacial score (nSPS) is 10.7. The number of carbonyl (C=O) groups is 1. The number of rotatable bonds is 7.